The van der Waals surface area contributed by atoms with Crippen molar-refractivity contribution in [2.45, 2.75) is 6.29 Å². The Hall–Kier alpha value is -1.40. The predicted octanol–water partition coefficient (Wildman–Crippen LogP) is -3.32. The maximum absolute atomic E-state index is 10.7. The summed E-state index contributed by atoms with van der Waals surface area (Å²) in [7, 11) is -4.67. The lowest BCUT2D eigenvalue weighted by Crippen LogP contribution is -2.59. The van der Waals surface area contributed by atoms with E-state index in [1.807, 2.05) is 0 Å². The van der Waals surface area contributed by atoms with Crippen molar-refractivity contribution in [3.8, 4) is 0 Å². The summed E-state index contributed by atoms with van der Waals surface area (Å²) in [5.74, 6) is 4.87. The molecular weight excluding hydrogens is 230 g/mol. The first kappa shape index (κ1) is 13.6. The van der Waals surface area contributed by atoms with Crippen LogP contribution in [0.25, 0.3) is 0 Å². The molecule has 1 aliphatic heterocycles. The van der Waals surface area contributed by atoms with Gasteiger partial charge in [-0.15, -0.1) is 0 Å². The second kappa shape index (κ2) is 4.90. The first-order valence-corrected chi connectivity index (χ1v) is 4.77. The lowest BCUT2D eigenvalue weighted by Gasteiger charge is -2.27. The molecule has 1 unspecified atom stereocenters. The molecule has 0 fully saturated rings. The van der Waals surface area contributed by atoms with E-state index >= 15 is 0 Å². The van der Waals surface area contributed by atoms with Crippen molar-refractivity contribution < 1.29 is 22.3 Å². The highest BCUT2D eigenvalue weighted by Gasteiger charge is 2.18. The van der Waals surface area contributed by atoms with E-state index in [-0.39, 0.29) is 5.70 Å². The van der Waals surface area contributed by atoms with E-state index in [4.69, 9.17) is 34.8 Å². The minimum absolute atomic E-state index is 0.0594. The van der Waals surface area contributed by atoms with E-state index in [9.17, 15) is 4.79 Å². The second-order valence-corrected chi connectivity index (χ2v) is 3.29. The van der Waals surface area contributed by atoms with E-state index in [0.717, 1.165) is 5.01 Å². The Labute approximate surface area is 85.2 Å². The molecule has 10 nitrogen and oxygen atoms in total. The Kier molecular flexibility index (Phi) is 4.44. The molecule has 0 aliphatic carbocycles. The summed E-state index contributed by atoms with van der Waals surface area (Å²) in [6.45, 7) is 0. The molecule has 88 valence electrons. The van der Waals surface area contributed by atoms with Crippen molar-refractivity contribution >= 4 is 16.3 Å². The summed E-state index contributed by atoms with van der Waals surface area (Å²) in [5.41, 5.74) is 10.6. The van der Waals surface area contributed by atoms with Crippen molar-refractivity contribution in [2.24, 2.45) is 17.3 Å². The first-order valence-electron chi connectivity index (χ1n) is 3.38. The quantitative estimate of drug-likeness (QED) is 0.186. The van der Waals surface area contributed by atoms with Crippen LogP contribution in [0.3, 0.4) is 0 Å². The van der Waals surface area contributed by atoms with Crippen LogP contribution in [0.15, 0.2) is 11.9 Å². The van der Waals surface area contributed by atoms with E-state index in [0.29, 0.717) is 0 Å². The standard InChI is InChI=1S/C4H9N5O.H2O4S/c5-2-1-9(7)4(6)8-3(2)10;1-5(2,3)4/h1,4H,5-7H2,(H,8,10);(H2,1,2,3,4). The molecule has 0 saturated carbocycles. The summed E-state index contributed by atoms with van der Waals surface area (Å²) in [4.78, 5) is 10.7. The largest absolute Gasteiger partial charge is 0.394 e. The molecule has 0 aromatic carbocycles. The highest BCUT2D eigenvalue weighted by atomic mass is 32.3. The van der Waals surface area contributed by atoms with Crippen LogP contribution in [0.1, 0.15) is 0 Å². The van der Waals surface area contributed by atoms with E-state index in [1.165, 1.54) is 6.20 Å². The van der Waals surface area contributed by atoms with Crippen molar-refractivity contribution in [3.05, 3.63) is 11.9 Å². The predicted molar refractivity (Wildman–Crippen MR) is 48.6 cm³/mol. The zero-order valence-electron chi connectivity index (χ0n) is 7.36. The molecule has 0 bridgehead atoms. The maximum atomic E-state index is 10.7. The van der Waals surface area contributed by atoms with Gasteiger partial charge in [0.15, 0.2) is 6.29 Å². The fraction of sp³-hybridized carbons (Fsp3) is 0.250. The SMILES string of the molecule is NC1=CN(N)C(N)NC1=O.O=S(=O)(O)O. The van der Waals surface area contributed by atoms with Crippen molar-refractivity contribution in [2.75, 3.05) is 0 Å². The first-order chi connectivity index (χ1) is 6.61. The van der Waals surface area contributed by atoms with Crippen LogP contribution in [0.4, 0.5) is 0 Å². The summed E-state index contributed by atoms with van der Waals surface area (Å²) in [6, 6.07) is 0. The molecule has 0 spiro atoms. The lowest BCUT2D eigenvalue weighted by atomic mass is 10.4. The number of rotatable bonds is 0. The minimum atomic E-state index is -4.67. The van der Waals surface area contributed by atoms with Crippen LogP contribution in [-0.2, 0) is 15.2 Å². The molecule has 1 heterocycles. The van der Waals surface area contributed by atoms with Crippen LogP contribution in [0, 0.1) is 0 Å². The molecule has 0 saturated heterocycles. The van der Waals surface area contributed by atoms with Gasteiger partial charge in [0.25, 0.3) is 5.91 Å². The topological polar surface area (TPSA) is 185 Å². The Morgan fingerprint density at radius 1 is 1.47 bits per heavy atom. The van der Waals surface area contributed by atoms with Gasteiger partial charge < -0.3 is 11.1 Å². The molecule has 1 rings (SSSR count). The molecule has 1 amide bonds. The van der Waals surface area contributed by atoms with E-state index in [1.54, 1.807) is 0 Å². The molecule has 11 heteroatoms. The normalized spacial score (nSPS) is 21.1. The van der Waals surface area contributed by atoms with Crippen LogP contribution < -0.4 is 22.6 Å². The average molecular weight is 241 g/mol. The van der Waals surface area contributed by atoms with Gasteiger partial charge in [-0.25, -0.2) is 5.84 Å². The van der Waals surface area contributed by atoms with Gasteiger partial charge in [0.05, 0.1) is 0 Å². The third-order valence-corrected chi connectivity index (χ3v) is 1.15. The molecule has 15 heavy (non-hydrogen) atoms. The number of nitrogens with one attached hydrogen (secondary N) is 1. The van der Waals surface area contributed by atoms with Crippen molar-refractivity contribution in [3.63, 3.8) is 0 Å². The number of hydrogen-bond donors (Lipinski definition) is 6. The Balaban J connectivity index is 0.000000336. The Morgan fingerprint density at radius 2 is 1.87 bits per heavy atom. The number of nitrogens with zero attached hydrogens (tertiary/aromatic N) is 1. The zero-order chi connectivity index (χ0) is 12.2. The number of hydrazine groups is 1. The van der Waals surface area contributed by atoms with Gasteiger partial charge in [-0.05, 0) is 0 Å². The molecule has 9 N–H and O–H groups in total. The molecular formula is C4H11N5O5S. The Morgan fingerprint density at radius 3 is 2.20 bits per heavy atom. The van der Waals surface area contributed by atoms with Crippen molar-refractivity contribution in [1.29, 1.82) is 0 Å². The van der Waals surface area contributed by atoms with Crippen LogP contribution >= 0.6 is 0 Å². The smallest absolute Gasteiger partial charge is 0.393 e. The fourth-order valence-electron chi connectivity index (χ4n) is 0.592. The summed E-state index contributed by atoms with van der Waals surface area (Å²) in [5, 5.41) is 3.45. The van der Waals surface area contributed by atoms with Gasteiger partial charge in [-0.3, -0.25) is 24.6 Å². The van der Waals surface area contributed by atoms with E-state index in [2.05, 4.69) is 5.32 Å². The fourth-order valence-corrected chi connectivity index (χ4v) is 0.592. The molecule has 0 aromatic rings. The highest BCUT2D eigenvalue weighted by Crippen LogP contribution is 1.95. The van der Waals surface area contributed by atoms with Gasteiger partial charge in [-0.2, -0.15) is 8.42 Å². The number of carbonyl (C=O) groups excluding carboxylic acids is 1. The van der Waals surface area contributed by atoms with Gasteiger partial charge in [-0.1, -0.05) is 0 Å². The summed E-state index contributed by atoms with van der Waals surface area (Å²) in [6.07, 6.45) is 0.601. The molecule has 0 radical (unpaired) electrons. The van der Waals surface area contributed by atoms with Crippen LogP contribution in [-0.4, -0.2) is 34.7 Å². The van der Waals surface area contributed by atoms with Crippen LogP contribution in [0.2, 0.25) is 0 Å². The van der Waals surface area contributed by atoms with Gasteiger partial charge in [0.2, 0.25) is 0 Å². The number of nitrogens with two attached hydrogens (primary N) is 3. The second-order valence-electron chi connectivity index (χ2n) is 2.40. The van der Waals surface area contributed by atoms with Gasteiger partial charge in [0.1, 0.15) is 5.70 Å². The molecule has 0 aromatic heterocycles. The lowest BCUT2D eigenvalue weighted by molar-refractivity contribution is -0.120. The maximum Gasteiger partial charge on any atom is 0.394 e. The Bertz CT molecular complexity index is 356. The van der Waals surface area contributed by atoms with E-state index < -0.39 is 22.6 Å². The van der Waals surface area contributed by atoms with Gasteiger partial charge >= 0.3 is 10.4 Å². The zero-order valence-corrected chi connectivity index (χ0v) is 8.18. The molecule has 1 aliphatic rings. The molecule has 1 atom stereocenters. The number of amides is 1. The van der Waals surface area contributed by atoms with Crippen molar-refractivity contribution in [1.82, 2.24) is 10.3 Å². The highest BCUT2D eigenvalue weighted by molar-refractivity contribution is 7.79. The summed E-state index contributed by atoms with van der Waals surface area (Å²) < 4.78 is 31.6. The third-order valence-electron chi connectivity index (χ3n) is 1.15. The average Bonchev–Trinajstić information content (AvgIpc) is 1.98. The van der Waals surface area contributed by atoms with Crippen LogP contribution in [0.5, 0.6) is 0 Å². The van der Waals surface area contributed by atoms with Gasteiger partial charge in [0, 0.05) is 6.20 Å². The monoisotopic (exact) mass is 241 g/mol. The number of hydrogen-bond acceptors (Lipinski definition) is 7. The third kappa shape index (κ3) is 6.64. The number of carbonyl (C=O) groups is 1. The summed E-state index contributed by atoms with van der Waals surface area (Å²) >= 11 is 0. The minimum Gasteiger partial charge on any atom is -0.393 e.